The average Bonchev–Trinajstić information content (AvgIpc) is 2.70. The molecule has 1 unspecified atom stereocenters. The van der Waals surface area contributed by atoms with Crippen LogP contribution in [-0.4, -0.2) is 44.2 Å². The first-order chi connectivity index (χ1) is 14.9. The number of sulfone groups is 1. The standard InChI is InChI=1S/C22H24F3N3O3S/c1-3-4-19(21(27)29)28(14-13-26)20(22(23,24)25)17-7-5-15(6-8-17)16-9-11-18(12-10-16)32(2,30)31/h5-12,19-20H,3-4,14H2,1-2H3,(H2,27,29)/t19-,20?/m0/s1. The summed E-state index contributed by atoms with van der Waals surface area (Å²) in [4.78, 5) is 12.8. The Labute approximate surface area is 185 Å². The summed E-state index contributed by atoms with van der Waals surface area (Å²) >= 11 is 0. The first kappa shape index (κ1) is 25.4. The molecule has 32 heavy (non-hydrogen) atoms. The molecule has 0 bridgehead atoms. The van der Waals surface area contributed by atoms with Crippen LogP contribution in [0.1, 0.15) is 31.4 Å². The van der Waals surface area contributed by atoms with Crippen molar-refractivity contribution >= 4 is 15.7 Å². The number of alkyl halides is 3. The van der Waals surface area contributed by atoms with E-state index in [-0.39, 0.29) is 16.9 Å². The maximum atomic E-state index is 14.1. The summed E-state index contributed by atoms with van der Waals surface area (Å²) < 4.78 is 65.4. The van der Waals surface area contributed by atoms with Crippen molar-refractivity contribution in [1.82, 2.24) is 4.90 Å². The van der Waals surface area contributed by atoms with E-state index < -0.39 is 40.5 Å². The number of nitriles is 1. The van der Waals surface area contributed by atoms with Crippen LogP contribution >= 0.6 is 0 Å². The van der Waals surface area contributed by atoms with Gasteiger partial charge in [-0.05, 0) is 35.2 Å². The molecule has 0 spiro atoms. The highest BCUT2D eigenvalue weighted by atomic mass is 32.2. The Balaban J connectivity index is 2.46. The van der Waals surface area contributed by atoms with Crippen LogP contribution in [0.5, 0.6) is 0 Å². The van der Waals surface area contributed by atoms with Crippen LogP contribution < -0.4 is 5.73 Å². The second-order valence-corrected chi connectivity index (χ2v) is 9.42. The zero-order chi connectivity index (χ0) is 24.1. The minimum Gasteiger partial charge on any atom is -0.368 e. The van der Waals surface area contributed by atoms with E-state index in [4.69, 9.17) is 11.0 Å². The summed E-state index contributed by atoms with van der Waals surface area (Å²) in [5.41, 5.74) is 6.44. The summed E-state index contributed by atoms with van der Waals surface area (Å²) in [6.07, 6.45) is -3.16. The van der Waals surface area contributed by atoms with Gasteiger partial charge in [-0.15, -0.1) is 0 Å². The van der Waals surface area contributed by atoms with E-state index >= 15 is 0 Å². The zero-order valence-electron chi connectivity index (χ0n) is 17.6. The highest BCUT2D eigenvalue weighted by molar-refractivity contribution is 7.90. The lowest BCUT2D eigenvalue weighted by Crippen LogP contribution is -2.50. The predicted molar refractivity (Wildman–Crippen MR) is 114 cm³/mol. The Morgan fingerprint density at radius 2 is 1.59 bits per heavy atom. The molecule has 0 fully saturated rings. The monoisotopic (exact) mass is 467 g/mol. The number of amides is 1. The first-order valence-electron chi connectivity index (χ1n) is 9.79. The number of hydrogen-bond donors (Lipinski definition) is 1. The Morgan fingerprint density at radius 3 is 1.97 bits per heavy atom. The number of carbonyl (C=O) groups excluding carboxylic acids is 1. The molecule has 0 saturated carbocycles. The number of rotatable bonds is 9. The molecular weight excluding hydrogens is 443 g/mol. The van der Waals surface area contributed by atoms with Crippen molar-refractivity contribution in [1.29, 1.82) is 5.26 Å². The number of nitrogens with two attached hydrogens (primary N) is 1. The molecule has 2 rings (SSSR count). The Bertz CT molecular complexity index is 1080. The summed E-state index contributed by atoms with van der Waals surface area (Å²) in [5.74, 6) is -0.918. The van der Waals surface area contributed by atoms with Gasteiger partial charge in [-0.2, -0.15) is 18.4 Å². The molecule has 6 nitrogen and oxygen atoms in total. The quantitative estimate of drug-likeness (QED) is 0.565. The molecule has 0 saturated heterocycles. The molecule has 10 heteroatoms. The Hall–Kier alpha value is -2.90. The van der Waals surface area contributed by atoms with Crippen LogP contribution in [0.25, 0.3) is 11.1 Å². The van der Waals surface area contributed by atoms with Gasteiger partial charge < -0.3 is 5.73 Å². The Kier molecular flexibility index (Phi) is 8.04. The summed E-state index contributed by atoms with van der Waals surface area (Å²) in [7, 11) is -3.37. The van der Waals surface area contributed by atoms with Crippen LogP contribution in [0.2, 0.25) is 0 Å². The van der Waals surface area contributed by atoms with Gasteiger partial charge in [0.05, 0.1) is 23.6 Å². The number of hydrogen-bond acceptors (Lipinski definition) is 5. The predicted octanol–water partition coefficient (Wildman–Crippen LogP) is 3.84. The maximum Gasteiger partial charge on any atom is 0.408 e. The first-order valence-corrected chi connectivity index (χ1v) is 11.7. The minimum absolute atomic E-state index is 0.0916. The number of halogens is 3. The molecule has 0 aliphatic heterocycles. The molecular formula is C22H24F3N3O3S. The van der Waals surface area contributed by atoms with Crippen LogP contribution in [0, 0.1) is 11.3 Å². The molecule has 2 atom stereocenters. The van der Waals surface area contributed by atoms with Gasteiger partial charge in [-0.25, -0.2) is 8.42 Å². The number of benzene rings is 2. The largest absolute Gasteiger partial charge is 0.408 e. The molecule has 2 N–H and O–H groups in total. The van der Waals surface area contributed by atoms with Crippen LogP contribution in [-0.2, 0) is 14.6 Å². The van der Waals surface area contributed by atoms with Crippen LogP contribution in [0.3, 0.4) is 0 Å². The van der Waals surface area contributed by atoms with Crippen molar-refractivity contribution in [2.24, 2.45) is 5.73 Å². The number of carbonyl (C=O) groups is 1. The maximum absolute atomic E-state index is 14.1. The fraction of sp³-hybridized carbons (Fsp3) is 0.364. The number of nitrogens with zero attached hydrogens (tertiary/aromatic N) is 2. The fourth-order valence-electron chi connectivity index (χ4n) is 3.53. The average molecular weight is 468 g/mol. The SMILES string of the molecule is CCC[C@@H](C(N)=O)N(CC#N)C(c1ccc(-c2ccc(S(C)(=O)=O)cc2)cc1)C(F)(F)F. The van der Waals surface area contributed by atoms with Gasteiger partial charge in [-0.1, -0.05) is 49.7 Å². The molecule has 2 aromatic rings. The summed E-state index contributed by atoms with van der Waals surface area (Å²) in [6.45, 7) is 1.10. The van der Waals surface area contributed by atoms with Gasteiger partial charge in [0.15, 0.2) is 9.84 Å². The molecule has 172 valence electrons. The topological polar surface area (TPSA) is 104 Å². The molecule has 0 heterocycles. The minimum atomic E-state index is -4.75. The molecule has 0 radical (unpaired) electrons. The van der Waals surface area contributed by atoms with Crippen molar-refractivity contribution < 1.29 is 26.4 Å². The fourth-order valence-corrected chi connectivity index (χ4v) is 4.16. The third-order valence-electron chi connectivity index (χ3n) is 5.03. The van der Waals surface area contributed by atoms with Gasteiger partial charge in [0, 0.05) is 6.26 Å². The lowest BCUT2D eigenvalue weighted by Gasteiger charge is -2.36. The highest BCUT2D eigenvalue weighted by Gasteiger charge is 2.47. The van der Waals surface area contributed by atoms with E-state index in [0.717, 1.165) is 11.2 Å². The third kappa shape index (κ3) is 6.08. The molecule has 2 aromatic carbocycles. The van der Waals surface area contributed by atoms with Crippen molar-refractivity contribution in [3.63, 3.8) is 0 Å². The molecule has 0 aromatic heterocycles. The normalized spacial score (nSPS) is 14.0. The van der Waals surface area contributed by atoms with Gasteiger partial charge in [0.2, 0.25) is 5.91 Å². The van der Waals surface area contributed by atoms with E-state index in [0.29, 0.717) is 17.5 Å². The van der Waals surface area contributed by atoms with Crippen LogP contribution in [0.4, 0.5) is 13.2 Å². The van der Waals surface area contributed by atoms with Crippen molar-refractivity contribution in [2.45, 2.75) is 42.9 Å². The van der Waals surface area contributed by atoms with Crippen molar-refractivity contribution in [3.8, 4) is 17.2 Å². The molecule has 0 aliphatic rings. The molecule has 0 aliphatic carbocycles. The van der Waals surface area contributed by atoms with E-state index in [1.165, 1.54) is 36.4 Å². The lowest BCUT2D eigenvalue weighted by atomic mass is 9.97. The zero-order valence-corrected chi connectivity index (χ0v) is 18.4. The van der Waals surface area contributed by atoms with E-state index in [1.54, 1.807) is 25.1 Å². The lowest BCUT2D eigenvalue weighted by molar-refractivity contribution is -0.191. The van der Waals surface area contributed by atoms with Crippen molar-refractivity contribution in [3.05, 3.63) is 54.1 Å². The second kappa shape index (κ2) is 10.1. The second-order valence-electron chi connectivity index (χ2n) is 7.40. The number of primary amides is 1. The van der Waals surface area contributed by atoms with E-state index in [2.05, 4.69) is 0 Å². The van der Waals surface area contributed by atoms with Gasteiger partial charge >= 0.3 is 6.18 Å². The smallest absolute Gasteiger partial charge is 0.368 e. The van der Waals surface area contributed by atoms with Crippen LogP contribution in [0.15, 0.2) is 53.4 Å². The highest BCUT2D eigenvalue weighted by Crippen LogP contribution is 2.40. The van der Waals surface area contributed by atoms with E-state index in [9.17, 15) is 26.4 Å². The summed E-state index contributed by atoms with van der Waals surface area (Å²) in [5, 5.41) is 9.12. The third-order valence-corrected chi connectivity index (χ3v) is 6.16. The van der Waals surface area contributed by atoms with Crippen molar-refractivity contribution in [2.75, 3.05) is 12.8 Å². The van der Waals surface area contributed by atoms with Gasteiger partial charge in [-0.3, -0.25) is 9.69 Å². The van der Waals surface area contributed by atoms with Gasteiger partial charge in [0.1, 0.15) is 6.04 Å². The Morgan fingerprint density at radius 1 is 1.09 bits per heavy atom. The van der Waals surface area contributed by atoms with Gasteiger partial charge in [0.25, 0.3) is 0 Å². The molecule has 1 amide bonds. The summed E-state index contributed by atoms with van der Waals surface area (Å²) in [6, 6.07) is 9.79. The van der Waals surface area contributed by atoms with E-state index in [1.807, 2.05) is 0 Å².